The van der Waals surface area contributed by atoms with Crippen molar-refractivity contribution in [3.8, 4) is 0 Å². The van der Waals surface area contributed by atoms with Gasteiger partial charge in [-0.1, -0.05) is 64.7 Å². The fourth-order valence-electron chi connectivity index (χ4n) is 7.82. The summed E-state index contributed by atoms with van der Waals surface area (Å²) in [4.78, 5) is 18.8. The van der Waals surface area contributed by atoms with Crippen LogP contribution in [0.5, 0.6) is 0 Å². The number of carboxylic acid groups (broad SMARTS) is 2. The third-order valence-electron chi connectivity index (χ3n) is 12.8. The number of aromatic carboxylic acids is 2. The number of hydrogen-bond donors (Lipinski definition) is 4. The summed E-state index contributed by atoms with van der Waals surface area (Å²) in [6, 6.07) is 33.1. The molecular weight excluding hydrogens is 1600 g/mol. The number of carboxylic acids is 2. The van der Waals surface area contributed by atoms with Gasteiger partial charge < -0.3 is 35.3 Å². The maximum atomic E-state index is 12.8. The Balaban J connectivity index is 0. The van der Waals surface area contributed by atoms with Crippen LogP contribution in [-0.4, -0.2) is 105 Å². The standard InChI is InChI=1S/C14H10O12S3.2C14H14O8S3.C14H14O2S.5Na.H2O/c15-13(16)9-3-1-7(5-11(9)27-26-25-19)28(20,21)8-2-4-10(14(17)18)12(6-8)29(22,23)24;2*1-9-3-5-11(7-13(9)23-22-21-15)24(16,17)12-6-4-10(2)14(8-12)25(18,19)20;1-11-3-7-13(8-4-11)17(15,16)14-9-5-12(2)6-10-14;;;;;;/h1-6,19H,(H,15,16)(H,17,18)(H,22,23,24);2*3-8,15H,1-2H3,(H,18,19,20);3-10H,1-2H3;;;;;;1H2/q;;;;5*+1;/p-5. The first-order valence-corrected chi connectivity index (χ1v) is 38.1. The van der Waals surface area contributed by atoms with E-state index in [9.17, 15) is 92.7 Å². The Morgan fingerprint density at radius 1 is 0.353 bits per heavy atom. The molecule has 8 aromatic carbocycles. The molecule has 0 bridgehead atoms. The Morgan fingerprint density at radius 3 is 0.951 bits per heavy atom. The average Bonchev–Trinajstić information content (AvgIpc) is 0.818. The van der Waals surface area contributed by atoms with Crippen molar-refractivity contribution in [1.29, 1.82) is 0 Å². The Hall–Kier alpha value is -2.12. The SMILES string of the molecule is Cc1ccc(S(=O)(=O)c2ccc(C)c(S(=O)(=O)O)c2)cc1SOOO.Cc1ccc(S(=O)(=O)c2ccc(C)c(S(=O)(=O)[O-])c2)cc1SOO[O-].Cc1ccc(S(=O)(=O)c2ccc(C)cc2)cc1.O=C(O)c1ccc(S(=O)(=O)c2ccc(C(=O)O)c(S(=O)(=O)[O-])c2)cc1SOO[O-].[Na+].[Na+].[Na+].[Na+].[Na+].[OH-]. The maximum Gasteiger partial charge on any atom is 1.00 e. The summed E-state index contributed by atoms with van der Waals surface area (Å²) in [5, 5.41) is 56.0. The smallest absolute Gasteiger partial charge is 0.870 e. The zero-order chi connectivity index (χ0) is 72.1. The Kier molecular flexibility index (Phi) is 43.9. The molecule has 0 radical (unpaired) electrons. The van der Waals surface area contributed by atoms with Crippen LogP contribution in [-0.2, 0) is 97.8 Å². The molecular formula is C56H49Na5O31S10. The minimum absolute atomic E-state index is 0. The second kappa shape index (κ2) is 43.9. The van der Waals surface area contributed by atoms with Gasteiger partial charge >= 0.3 is 160 Å². The predicted molar refractivity (Wildman–Crippen MR) is 330 cm³/mol. The van der Waals surface area contributed by atoms with Crippen LogP contribution in [0, 0.1) is 41.5 Å². The molecule has 0 unspecified atom stereocenters. The van der Waals surface area contributed by atoms with Crippen LogP contribution in [0.2, 0.25) is 0 Å². The molecule has 524 valence electrons. The summed E-state index contributed by atoms with van der Waals surface area (Å²) in [6.07, 6.45) is 0. The van der Waals surface area contributed by atoms with Gasteiger partial charge in [0.25, 0.3) is 10.1 Å². The third kappa shape index (κ3) is 27.8. The number of carbonyl (C=O) groups is 2. The largest absolute Gasteiger partial charge is 1.00 e. The van der Waals surface area contributed by atoms with Crippen LogP contribution < -0.4 is 158 Å². The molecule has 46 heteroatoms. The fourth-order valence-corrected chi connectivity index (χ4v) is 17.1. The van der Waals surface area contributed by atoms with Gasteiger partial charge in [0.2, 0.25) is 39.3 Å². The predicted octanol–water partition coefficient (Wildman–Crippen LogP) is -7.89. The Labute approximate surface area is 709 Å². The average molecular weight is 1650 g/mol. The van der Waals surface area contributed by atoms with E-state index < -0.39 is 117 Å². The van der Waals surface area contributed by atoms with Gasteiger partial charge in [0.1, 0.15) is 20.2 Å². The van der Waals surface area contributed by atoms with Crippen molar-refractivity contribution in [3.63, 3.8) is 0 Å². The van der Waals surface area contributed by atoms with E-state index in [2.05, 4.69) is 28.1 Å². The molecule has 0 aliphatic heterocycles. The quantitative estimate of drug-likeness (QED) is 0.0161. The van der Waals surface area contributed by atoms with Gasteiger partial charge in [0.05, 0.1) is 106 Å². The topological polar surface area (TPSA) is 532 Å². The fraction of sp³-hybridized carbons (Fsp3) is 0.107. The summed E-state index contributed by atoms with van der Waals surface area (Å²) in [5.41, 5.74) is 2.41. The molecule has 0 amide bonds. The Bertz CT molecular complexity index is 4860. The van der Waals surface area contributed by atoms with Crippen LogP contribution in [0.1, 0.15) is 54.1 Å². The first kappa shape index (κ1) is 102. The Morgan fingerprint density at radius 2 is 0.618 bits per heavy atom. The van der Waals surface area contributed by atoms with E-state index in [-0.39, 0.29) is 201 Å². The van der Waals surface area contributed by atoms with E-state index >= 15 is 0 Å². The molecule has 0 saturated heterocycles. The molecule has 0 heterocycles. The molecule has 0 spiro atoms. The molecule has 8 aromatic rings. The zero-order valence-corrected chi connectivity index (χ0v) is 73.1. The third-order valence-corrected chi connectivity index (χ3v) is 24.8. The molecule has 0 saturated carbocycles. The summed E-state index contributed by atoms with van der Waals surface area (Å²) in [6.45, 7) is 10.1. The first-order chi connectivity index (χ1) is 44.5. The van der Waals surface area contributed by atoms with Crippen LogP contribution in [0.15, 0.2) is 226 Å². The molecule has 31 nitrogen and oxygen atoms in total. The number of rotatable bonds is 22. The van der Waals surface area contributed by atoms with Gasteiger partial charge in [-0.15, -0.1) is 4.33 Å². The molecule has 0 aromatic heterocycles. The second-order valence-electron chi connectivity index (χ2n) is 19.3. The van der Waals surface area contributed by atoms with Gasteiger partial charge in [-0.25, -0.2) is 65.4 Å². The van der Waals surface area contributed by atoms with Crippen molar-refractivity contribution in [2.75, 3.05) is 0 Å². The molecule has 0 aliphatic rings. The van der Waals surface area contributed by atoms with Crippen LogP contribution >= 0.6 is 36.1 Å². The summed E-state index contributed by atoms with van der Waals surface area (Å²) in [7, 11) is -30.8. The minimum Gasteiger partial charge on any atom is -0.870 e. The van der Waals surface area contributed by atoms with Crippen molar-refractivity contribution >= 4 is 118 Å². The van der Waals surface area contributed by atoms with E-state index in [0.717, 1.165) is 47.5 Å². The van der Waals surface area contributed by atoms with E-state index in [1.807, 2.05) is 13.8 Å². The van der Waals surface area contributed by atoms with E-state index in [1.54, 1.807) is 62.4 Å². The van der Waals surface area contributed by atoms with E-state index in [0.29, 0.717) is 66.9 Å². The number of sulfone groups is 4. The first-order valence-electron chi connectivity index (χ1n) is 25.6. The van der Waals surface area contributed by atoms with Gasteiger partial charge in [-0.05, 0) is 173 Å². The van der Waals surface area contributed by atoms with Gasteiger partial charge in [0.15, 0.2) is 0 Å². The summed E-state index contributed by atoms with van der Waals surface area (Å²) in [5.74, 6) is -3.24. The van der Waals surface area contributed by atoms with Gasteiger partial charge in [0, 0.05) is 9.79 Å². The van der Waals surface area contributed by atoms with Gasteiger partial charge in [-0.3, -0.25) is 14.6 Å². The molecule has 8 rings (SSSR count). The minimum atomic E-state index is -5.33. The molecule has 0 fully saturated rings. The molecule has 5 N–H and O–H groups in total. The normalized spacial score (nSPS) is 11.3. The van der Waals surface area contributed by atoms with E-state index in [1.165, 1.54) is 74.5 Å². The van der Waals surface area contributed by atoms with Crippen LogP contribution in [0.25, 0.3) is 0 Å². The van der Waals surface area contributed by atoms with Crippen molar-refractivity contribution in [2.24, 2.45) is 0 Å². The van der Waals surface area contributed by atoms with Crippen LogP contribution in [0.4, 0.5) is 0 Å². The number of hydrogen-bond acceptors (Lipinski definition) is 31. The van der Waals surface area contributed by atoms with Crippen molar-refractivity contribution < 1.29 is 290 Å². The summed E-state index contributed by atoms with van der Waals surface area (Å²) >= 11 is 1.26. The summed E-state index contributed by atoms with van der Waals surface area (Å²) < 4.78 is 213. The van der Waals surface area contributed by atoms with Gasteiger partial charge in [-0.2, -0.15) is 17.1 Å². The van der Waals surface area contributed by atoms with Crippen LogP contribution in [0.3, 0.4) is 0 Å². The monoisotopic (exact) mass is 1650 g/mol. The number of benzene rings is 8. The number of aryl methyl sites for hydroxylation is 6. The maximum absolute atomic E-state index is 12.8. The zero-order valence-electron chi connectivity index (χ0n) is 54.9. The molecule has 102 heavy (non-hydrogen) atoms. The molecule has 0 aliphatic carbocycles. The van der Waals surface area contributed by atoms with Crippen molar-refractivity contribution in [2.45, 2.75) is 110 Å². The second-order valence-corrected chi connectivity index (χ2v) is 33.4. The molecule has 0 atom stereocenters. The van der Waals surface area contributed by atoms with Crippen molar-refractivity contribution in [3.05, 3.63) is 202 Å². The van der Waals surface area contributed by atoms with Crippen molar-refractivity contribution in [1.82, 2.24) is 0 Å². The van der Waals surface area contributed by atoms with E-state index in [4.69, 9.17) is 15.5 Å².